The molecule has 2 aromatic heterocycles. The first-order valence-corrected chi connectivity index (χ1v) is 7.87. The van der Waals surface area contributed by atoms with E-state index in [1.54, 1.807) is 14.0 Å². The fourth-order valence-corrected chi connectivity index (χ4v) is 3.24. The minimum absolute atomic E-state index is 0.184. The van der Waals surface area contributed by atoms with Crippen molar-refractivity contribution in [1.29, 1.82) is 0 Å². The summed E-state index contributed by atoms with van der Waals surface area (Å²) < 4.78 is 46.1. The van der Waals surface area contributed by atoms with Gasteiger partial charge in [0, 0.05) is 44.6 Å². The summed E-state index contributed by atoms with van der Waals surface area (Å²) in [6, 6.07) is 4.28. The van der Waals surface area contributed by atoms with Gasteiger partial charge in [-0.1, -0.05) is 0 Å². The summed E-state index contributed by atoms with van der Waals surface area (Å²) >= 11 is 0. The molecule has 2 aromatic rings. The first-order chi connectivity index (χ1) is 11.3. The number of halogens is 3. The fraction of sp³-hybridized carbons (Fsp3) is 0.562. The summed E-state index contributed by atoms with van der Waals surface area (Å²) in [5.41, 5.74) is 2.62. The summed E-state index contributed by atoms with van der Waals surface area (Å²) in [4.78, 5) is 2.24. The molecule has 0 saturated carbocycles. The van der Waals surface area contributed by atoms with E-state index in [9.17, 15) is 13.2 Å². The molecule has 5 nitrogen and oxygen atoms in total. The van der Waals surface area contributed by atoms with E-state index in [1.807, 2.05) is 6.07 Å². The van der Waals surface area contributed by atoms with Crippen LogP contribution in [0.4, 0.5) is 13.2 Å². The molecule has 0 unspecified atom stereocenters. The molecule has 1 aliphatic heterocycles. The lowest BCUT2D eigenvalue weighted by Gasteiger charge is -2.34. The van der Waals surface area contributed by atoms with E-state index in [-0.39, 0.29) is 11.9 Å². The zero-order valence-electron chi connectivity index (χ0n) is 14.0. The highest BCUT2D eigenvalue weighted by molar-refractivity contribution is 5.31. The highest BCUT2D eigenvalue weighted by Crippen LogP contribution is 2.31. The molecule has 0 aliphatic carbocycles. The summed E-state index contributed by atoms with van der Waals surface area (Å²) in [5, 5.41) is 4.23. The van der Waals surface area contributed by atoms with Gasteiger partial charge in [0.05, 0.1) is 11.3 Å². The number of aryl methyl sites for hydroxylation is 2. The smallest absolute Gasteiger partial charge is 0.422 e. The third-order valence-corrected chi connectivity index (χ3v) is 4.49. The number of hydrogen-bond acceptors (Lipinski definition) is 3. The summed E-state index contributed by atoms with van der Waals surface area (Å²) in [5.74, 6) is 0.193. The van der Waals surface area contributed by atoms with Crippen LogP contribution in [0.3, 0.4) is 0 Å². The maximum absolute atomic E-state index is 12.5. The van der Waals surface area contributed by atoms with Crippen LogP contribution in [-0.2, 0) is 20.1 Å². The van der Waals surface area contributed by atoms with Gasteiger partial charge in [-0.25, -0.2) is 4.68 Å². The minimum Gasteiger partial charge on any atom is -0.468 e. The molecule has 1 atom stereocenters. The Bertz CT molecular complexity index is 719. The van der Waals surface area contributed by atoms with E-state index in [0.717, 1.165) is 13.1 Å². The van der Waals surface area contributed by atoms with Crippen molar-refractivity contribution in [3.63, 3.8) is 0 Å². The lowest BCUT2D eigenvalue weighted by atomic mass is 10.1. The second kappa shape index (κ2) is 6.16. The van der Waals surface area contributed by atoms with Gasteiger partial charge in [-0.15, -0.1) is 0 Å². The largest absolute Gasteiger partial charge is 0.468 e. The number of ether oxygens (including phenoxy) is 1. The number of hydrogen-bond donors (Lipinski definition) is 0. The average Bonchev–Trinajstić information content (AvgIpc) is 3.05. The molecule has 0 aromatic carbocycles. The first kappa shape index (κ1) is 16.9. The van der Waals surface area contributed by atoms with Crippen molar-refractivity contribution in [3.05, 3.63) is 35.3 Å². The number of alkyl halides is 3. The van der Waals surface area contributed by atoms with Gasteiger partial charge in [0.25, 0.3) is 0 Å². The van der Waals surface area contributed by atoms with Crippen LogP contribution in [0.5, 0.6) is 5.88 Å². The molecule has 0 bridgehead atoms. The quantitative estimate of drug-likeness (QED) is 0.857. The second-order valence-electron chi connectivity index (χ2n) is 6.17. The van der Waals surface area contributed by atoms with Crippen LogP contribution >= 0.6 is 0 Å². The van der Waals surface area contributed by atoms with E-state index >= 15 is 0 Å². The molecule has 0 fully saturated rings. The van der Waals surface area contributed by atoms with Gasteiger partial charge in [-0.2, -0.15) is 18.3 Å². The molecular weight excluding hydrogens is 321 g/mol. The van der Waals surface area contributed by atoms with E-state index in [0.29, 0.717) is 17.8 Å². The predicted molar refractivity (Wildman–Crippen MR) is 82.8 cm³/mol. The molecular formula is C16H21F3N4O. The molecule has 24 heavy (non-hydrogen) atoms. The van der Waals surface area contributed by atoms with Gasteiger partial charge in [-0.05, 0) is 26.0 Å². The number of aromatic nitrogens is 3. The Kier molecular flexibility index (Phi) is 4.33. The minimum atomic E-state index is -4.37. The Hall–Kier alpha value is -1.96. The number of nitrogens with zero attached hydrogens (tertiary/aromatic N) is 4. The zero-order valence-corrected chi connectivity index (χ0v) is 14.0. The molecule has 3 rings (SSSR count). The fourth-order valence-electron chi connectivity index (χ4n) is 3.24. The van der Waals surface area contributed by atoms with Crippen LogP contribution in [0.2, 0.25) is 0 Å². The molecule has 0 spiro atoms. The standard InChI is InChI=1S/C16H21F3N4O/c1-11-13(15(21(3)20-11)24-10-16(17,18)19)9-23-8-7-22-6-4-5-14(22)12(23)2/h4-6,12H,7-10H2,1-3H3/t12-/m0/s1. The monoisotopic (exact) mass is 342 g/mol. The van der Waals surface area contributed by atoms with Gasteiger partial charge in [-0.3, -0.25) is 4.90 Å². The number of fused-ring (bicyclic) bond motifs is 1. The van der Waals surface area contributed by atoms with Crippen molar-refractivity contribution >= 4 is 0 Å². The van der Waals surface area contributed by atoms with Crippen molar-refractivity contribution < 1.29 is 17.9 Å². The third kappa shape index (κ3) is 3.28. The Balaban J connectivity index is 1.80. The highest BCUT2D eigenvalue weighted by Gasteiger charge is 2.31. The normalized spacial score (nSPS) is 18.7. The van der Waals surface area contributed by atoms with Crippen LogP contribution in [-0.4, -0.2) is 38.6 Å². The maximum atomic E-state index is 12.5. The molecule has 0 saturated heterocycles. The van der Waals surface area contributed by atoms with Gasteiger partial charge < -0.3 is 9.30 Å². The van der Waals surface area contributed by atoms with Crippen LogP contribution in [0.15, 0.2) is 18.3 Å². The average molecular weight is 342 g/mol. The Labute approximate surface area is 138 Å². The van der Waals surface area contributed by atoms with Crippen molar-refractivity contribution in [3.8, 4) is 5.88 Å². The third-order valence-electron chi connectivity index (χ3n) is 4.49. The van der Waals surface area contributed by atoms with Crippen LogP contribution in [0.25, 0.3) is 0 Å². The van der Waals surface area contributed by atoms with Crippen molar-refractivity contribution in [1.82, 2.24) is 19.2 Å². The Morgan fingerprint density at radius 3 is 2.79 bits per heavy atom. The van der Waals surface area contributed by atoms with Crippen molar-refractivity contribution in [2.75, 3.05) is 13.2 Å². The lowest BCUT2D eigenvalue weighted by molar-refractivity contribution is -0.154. The molecule has 1 aliphatic rings. The maximum Gasteiger partial charge on any atom is 0.422 e. The van der Waals surface area contributed by atoms with Gasteiger partial charge in [0.2, 0.25) is 5.88 Å². The van der Waals surface area contributed by atoms with Gasteiger partial charge >= 0.3 is 6.18 Å². The molecule has 132 valence electrons. The zero-order chi connectivity index (χ0) is 17.5. The Morgan fingerprint density at radius 2 is 2.08 bits per heavy atom. The van der Waals surface area contributed by atoms with E-state index < -0.39 is 12.8 Å². The summed E-state index contributed by atoms with van der Waals surface area (Å²) in [6.07, 6.45) is -2.31. The van der Waals surface area contributed by atoms with Crippen LogP contribution in [0, 0.1) is 6.92 Å². The summed E-state index contributed by atoms with van der Waals surface area (Å²) in [6.45, 7) is 4.80. The van der Waals surface area contributed by atoms with Gasteiger partial charge in [0.1, 0.15) is 0 Å². The second-order valence-corrected chi connectivity index (χ2v) is 6.17. The SMILES string of the molecule is Cc1nn(C)c(OCC(F)(F)F)c1CN1CCn2cccc2[C@@H]1C. The van der Waals surface area contributed by atoms with Crippen molar-refractivity contribution in [2.24, 2.45) is 7.05 Å². The van der Waals surface area contributed by atoms with E-state index in [2.05, 4.69) is 33.8 Å². The topological polar surface area (TPSA) is 35.2 Å². The predicted octanol–water partition coefficient (Wildman–Crippen LogP) is 3.05. The van der Waals surface area contributed by atoms with Gasteiger partial charge in [0.15, 0.2) is 6.61 Å². The van der Waals surface area contributed by atoms with Crippen molar-refractivity contribution in [2.45, 2.75) is 39.2 Å². The molecule has 8 heteroatoms. The first-order valence-electron chi connectivity index (χ1n) is 7.87. The molecule has 0 N–H and O–H groups in total. The van der Waals surface area contributed by atoms with E-state index in [1.165, 1.54) is 10.4 Å². The molecule has 3 heterocycles. The summed E-state index contributed by atoms with van der Waals surface area (Å²) in [7, 11) is 1.60. The van der Waals surface area contributed by atoms with E-state index in [4.69, 9.17) is 4.74 Å². The number of rotatable bonds is 4. The highest BCUT2D eigenvalue weighted by atomic mass is 19.4. The van der Waals surface area contributed by atoms with Crippen LogP contribution < -0.4 is 4.74 Å². The lowest BCUT2D eigenvalue weighted by Crippen LogP contribution is -2.36. The molecule has 0 amide bonds. The Morgan fingerprint density at radius 1 is 1.33 bits per heavy atom. The molecule has 0 radical (unpaired) electrons. The van der Waals surface area contributed by atoms with Crippen LogP contribution in [0.1, 0.15) is 29.9 Å².